The second-order valence-electron chi connectivity index (χ2n) is 5.43. The summed E-state index contributed by atoms with van der Waals surface area (Å²) in [7, 11) is 1.52. The zero-order chi connectivity index (χ0) is 18.8. The minimum atomic E-state index is -1.28. The number of aromatic carboxylic acids is 1. The molecule has 8 nitrogen and oxygen atoms in total. The van der Waals surface area contributed by atoms with E-state index in [-0.39, 0.29) is 16.9 Å². The lowest BCUT2D eigenvalue weighted by molar-refractivity contribution is 0.0690. The number of carboxylic acid groups (broad SMARTS) is 1. The number of aromatic nitrogens is 3. The monoisotopic (exact) mass is 356 g/mol. The van der Waals surface area contributed by atoms with Crippen LogP contribution in [0.2, 0.25) is 0 Å². The number of halogens is 1. The highest BCUT2D eigenvalue weighted by atomic mass is 19.1. The van der Waals surface area contributed by atoms with Gasteiger partial charge in [-0.3, -0.25) is 18.8 Å². The number of rotatable bonds is 4. The van der Waals surface area contributed by atoms with E-state index >= 15 is 0 Å². The van der Waals surface area contributed by atoms with Gasteiger partial charge in [-0.05, 0) is 30.3 Å². The van der Waals surface area contributed by atoms with Gasteiger partial charge in [-0.15, -0.1) is 0 Å². The van der Waals surface area contributed by atoms with E-state index in [1.807, 2.05) is 0 Å². The van der Waals surface area contributed by atoms with Crippen molar-refractivity contribution >= 4 is 17.6 Å². The van der Waals surface area contributed by atoms with Crippen molar-refractivity contribution in [3.05, 3.63) is 76.2 Å². The predicted molar refractivity (Wildman–Crippen MR) is 90.1 cm³/mol. The number of carbonyl (C=O) groups excluding carboxylic acids is 1. The summed E-state index contributed by atoms with van der Waals surface area (Å²) in [4.78, 5) is 35.6. The average molecular weight is 356 g/mol. The Balaban J connectivity index is 1.94. The Kier molecular flexibility index (Phi) is 4.36. The maximum Gasteiger partial charge on any atom is 0.358 e. The van der Waals surface area contributed by atoms with Crippen molar-refractivity contribution in [3.63, 3.8) is 0 Å². The van der Waals surface area contributed by atoms with Crippen LogP contribution in [0.15, 0.2) is 53.6 Å². The topological polar surface area (TPSA) is 106 Å². The standard InChI is InChI=1S/C17H13FN4O4/c1-21-9-13(15(20-21)17(25)26)19-16(24)10-2-7-14(23)22(8-10)12-5-3-11(18)4-6-12/h2-9H,1H3,(H,19,24)(H,25,26). The second kappa shape index (κ2) is 6.63. The first-order chi connectivity index (χ1) is 12.3. The van der Waals surface area contributed by atoms with E-state index in [1.54, 1.807) is 0 Å². The number of carboxylic acids is 1. The van der Waals surface area contributed by atoms with Crippen molar-refractivity contribution in [2.24, 2.45) is 7.05 Å². The molecule has 0 atom stereocenters. The summed E-state index contributed by atoms with van der Waals surface area (Å²) in [5.74, 6) is -2.35. The van der Waals surface area contributed by atoms with Crippen LogP contribution in [0.3, 0.4) is 0 Å². The van der Waals surface area contributed by atoms with Crippen molar-refractivity contribution in [1.29, 1.82) is 0 Å². The first kappa shape index (κ1) is 17.1. The number of benzene rings is 1. The fraction of sp³-hybridized carbons (Fsp3) is 0.0588. The van der Waals surface area contributed by atoms with Crippen molar-refractivity contribution in [3.8, 4) is 5.69 Å². The number of hydrogen-bond donors (Lipinski definition) is 2. The van der Waals surface area contributed by atoms with Gasteiger partial charge in [-0.2, -0.15) is 5.10 Å². The van der Waals surface area contributed by atoms with Crippen molar-refractivity contribution in [2.45, 2.75) is 0 Å². The van der Waals surface area contributed by atoms with Gasteiger partial charge in [-0.1, -0.05) is 0 Å². The molecule has 1 amide bonds. The van der Waals surface area contributed by atoms with E-state index < -0.39 is 23.3 Å². The number of carbonyl (C=O) groups is 2. The third-order valence-electron chi connectivity index (χ3n) is 3.56. The number of aryl methyl sites for hydroxylation is 1. The Morgan fingerprint density at radius 1 is 1.12 bits per heavy atom. The molecule has 2 N–H and O–H groups in total. The van der Waals surface area contributed by atoms with Crippen LogP contribution < -0.4 is 10.9 Å². The molecule has 9 heteroatoms. The lowest BCUT2D eigenvalue weighted by Gasteiger charge is -2.08. The molecule has 0 aliphatic carbocycles. The van der Waals surface area contributed by atoms with Crippen LogP contribution in [0.4, 0.5) is 10.1 Å². The average Bonchev–Trinajstić information content (AvgIpc) is 2.97. The van der Waals surface area contributed by atoms with Gasteiger partial charge in [0.15, 0.2) is 5.69 Å². The van der Waals surface area contributed by atoms with Crippen LogP contribution in [0, 0.1) is 5.82 Å². The molecular formula is C17H13FN4O4. The van der Waals surface area contributed by atoms with Crippen LogP contribution in [0.1, 0.15) is 20.8 Å². The number of anilines is 1. The Hall–Kier alpha value is -3.75. The Bertz CT molecular complexity index is 1050. The first-order valence-electron chi connectivity index (χ1n) is 7.42. The van der Waals surface area contributed by atoms with Gasteiger partial charge >= 0.3 is 5.97 Å². The molecule has 3 aromatic rings. The molecule has 2 aromatic heterocycles. The Morgan fingerprint density at radius 2 is 1.81 bits per heavy atom. The molecule has 0 aliphatic rings. The predicted octanol–water partition coefficient (Wildman–Crippen LogP) is 1.66. The van der Waals surface area contributed by atoms with E-state index in [1.165, 1.54) is 65.1 Å². The highest BCUT2D eigenvalue weighted by Crippen LogP contribution is 2.15. The molecule has 0 saturated heterocycles. The van der Waals surface area contributed by atoms with E-state index in [4.69, 9.17) is 5.11 Å². The summed E-state index contributed by atoms with van der Waals surface area (Å²) in [5, 5.41) is 15.3. The third-order valence-corrected chi connectivity index (χ3v) is 3.56. The summed E-state index contributed by atoms with van der Waals surface area (Å²) in [6.45, 7) is 0. The second-order valence-corrected chi connectivity index (χ2v) is 5.43. The molecule has 0 aliphatic heterocycles. The van der Waals surface area contributed by atoms with Gasteiger partial charge < -0.3 is 10.4 Å². The molecule has 0 radical (unpaired) electrons. The SMILES string of the molecule is Cn1cc(NC(=O)c2ccc(=O)n(-c3ccc(F)cc3)c2)c(C(=O)O)n1. The maximum absolute atomic E-state index is 13.1. The van der Waals surface area contributed by atoms with Crippen molar-refractivity contribution in [1.82, 2.24) is 14.3 Å². The van der Waals surface area contributed by atoms with Crippen LogP contribution in [0.5, 0.6) is 0 Å². The normalized spacial score (nSPS) is 10.5. The fourth-order valence-electron chi connectivity index (χ4n) is 2.36. The van der Waals surface area contributed by atoms with E-state index in [2.05, 4.69) is 10.4 Å². The Morgan fingerprint density at radius 3 is 2.46 bits per heavy atom. The van der Waals surface area contributed by atoms with Crippen LogP contribution in [0.25, 0.3) is 5.69 Å². The lowest BCUT2D eigenvalue weighted by Crippen LogP contribution is -2.21. The molecular weight excluding hydrogens is 343 g/mol. The number of hydrogen-bond acceptors (Lipinski definition) is 4. The number of nitrogens with zero attached hydrogens (tertiary/aromatic N) is 3. The smallest absolute Gasteiger partial charge is 0.358 e. The molecule has 0 fully saturated rings. The number of nitrogens with one attached hydrogen (secondary N) is 1. The molecule has 0 spiro atoms. The highest BCUT2D eigenvalue weighted by molar-refractivity contribution is 6.07. The third kappa shape index (κ3) is 3.36. The quantitative estimate of drug-likeness (QED) is 0.739. The first-order valence-corrected chi connectivity index (χ1v) is 7.42. The molecule has 0 unspecified atom stereocenters. The summed E-state index contributed by atoms with van der Waals surface area (Å²) >= 11 is 0. The lowest BCUT2D eigenvalue weighted by atomic mass is 10.2. The largest absolute Gasteiger partial charge is 0.476 e. The molecule has 0 bridgehead atoms. The van der Waals surface area contributed by atoms with Crippen molar-refractivity contribution < 1.29 is 19.1 Å². The molecule has 0 saturated carbocycles. The maximum atomic E-state index is 13.1. The molecule has 1 aromatic carbocycles. The summed E-state index contributed by atoms with van der Waals surface area (Å²) in [6, 6.07) is 7.71. The minimum absolute atomic E-state index is 0.0320. The highest BCUT2D eigenvalue weighted by Gasteiger charge is 2.18. The van der Waals surface area contributed by atoms with E-state index in [0.717, 1.165) is 0 Å². The number of amides is 1. The van der Waals surface area contributed by atoms with Crippen LogP contribution >= 0.6 is 0 Å². The van der Waals surface area contributed by atoms with Crippen LogP contribution in [-0.2, 0) is 7.05 Å². The summed E-state index contributed by atoms with van der Waals surface area (Å²) in [5.41, 5.74) is -0.161. The molecule has 132 valence electrons. The summed E-state index contributed by atoms with van der Waals surface area (Å²) < 4.78 is 15.5. The van der Waals surface area contributed by atoms with E-state index in [0.29, 0.717) is 5.69 Å². The fourth-order valence-corrected chi connectivity index (χ4v) is 2.36. The van der Waals surface area contributed by atoms with E-state index in [9.17, 15) is 18.8 Å². The summed E-state index contributed by atoms with van der Waals surface area (Å²) in [6.07, 6.45) is 2.65. The molecule has 3 rings (SSSR count). The van der Waals surface area contributed by atoms with Gasteiger partial charge in [0.2, 0.25) is 0 Å². The van der Waals surface area contributed by atoms with Gasteiger partial charge in [0.25, 0.3) is 11.5 Å². The van der Waals surface area contributed by atoms with Gasteiger partial charge in [0.05, 0.1) is 11.3 Å². The van der Waals surface area contributed by atoms with Gasteiger partial charge in [0, 0.05) is 31.2 Å². The Labute approximate surface area is 146 Å². The molecule has 26 heavy (non-hydrogen) atoms. The number of pyridine rings is 1. The van der Waals surface area contributed by atoms with Gasteiger partial charge in [0.1, 0.15) is 5.82 Å². The molecule has 2 heterocycles. The zero-order valence-corrected chi connectivity index (χ0v) is 13.5. The van der Waals surface area contributed by atoms with Gasteiger partial charge in [-0.25, -0.2) is 9.18 Å². The van der Waals surface area contributed by atoms with Crippen LogP contribution in [-0.4, -0.2) is 31.3 Å². The minimum Gasteiger partial charge on any atom is -0.476 e. The zero-order valence-electron chi connectivity index (χ0n) is 13.5. The van der Waals surface area contributed by atoms with Crippen molar-refractivity contribution in [2.75, 3.05) is 5.32 Å².